The Kier molecular flexibility index (Phi) is 6.48. The summed E-state index contributed by atoms with van der Waals surface area (Å²) in [6.07, 6.45) is 0. The Hall–Kier alpha value is -6.73. The zero-order chi connectivity index (χ0) is 35.3. The Morgan fingerprint density at radius 1 is 0.373 bits per heavy atom. The molecule has 1 aromatic heterocycles. The quantitative estimate of drug-likeness (QED) is 0.0491. The molecule has 0 unspecified atom stereocenters. The molecule has 0 fully saturated rings. The van der Waals surface area contributed by atoms with Crippen LogP contribution in [0.3, 0.4) is 0 Å². The molecular formula is C42H24B2O7. The predicted molar refractivity (Wildman–Crippen MR) is 203 cm³/mol. The summed E-state index contributed by atoms with van der Waals surface area (Å²) in [5.74, 6) is -4.46. The molecular weight excluding hydrogens is 638 g/mol. The molecule has 0 atom stereocenters. The highest BCUT2D eigenvalue weighted by molar-refractivity contribution is 6.54. The maximum Gasteiger partial charge on any atom is 0.204 e. The molecule has 6 N–H and O–H groups in total. The van der Waals surface area contributed by atoms with Gasteiger partial charge in [-0.2, -0.15) is 0 Å². The zero-order valence-electron chi connectivity index (χ0n) is 26.6. The van der Waals surface area contributed by atoms with Crippen molar-refractivity contribution in [3.63, 3.8) is 0 Å². The molecule has 0 spiro atoms. The van der Waals surface area contributed by atoms with E-state index in [2.05, 4.69) is 0 Å². The van der Waals surface area contributed by atoms with Crippen molar-refractivity contribution in [1.29, 1.82) is 0 Å². The van der Waals surface area contributed by atoms with E-state index in [4.69, 9.17) is 20.1 Å². The highest BCUT2D eigenvalue weighted by atomic mass is 16.3. The van der Waals surface area contributed by atoms with E-state index >= 15 is 0 Å². The van der Waals surface area contributed by atoms with Gasteiger partial charge in [0.05, 0.1) is 0 Å². The van der Waals surface area contributed by atoms with E-state index in [0.29, 0.717) is 33.1 Å². The van der Waals surface area contributed by atoms with Gasteiger partial charge in [0, 0.05) is 43.4 Å². The van der Waals surface area contributed by atoms with Gasteiger partial charge in [-0.25, -0.2) is 0 Å². The lowest BCUT2D eigenvalue weighted by molar-refractivity contribution is 0.351. The van der Waals surface area contributed by atoms with Crippen LogP contribution in [0.25, 0.3) is 87.6 Å². The van der Waals surface area contributed by atoms with Crippen LogP contribution in [-0.4, -0.2) is 46.3 Å². The van der Waals surface area contributed by atoms with Crippen LogP contribution in [0.4, 0.5) is 0 Å². The summed E-state index contributed by atoms with van der Waals surface area (Å²) >= 11 is 0. The number of benzene rings is 8. The molecule has 0 aliphatic heterocycles. The highest BCUT2D eigenvalue weighted by Crippen LogP contribution is 2.59. The lowest BCUT2D eigenvalue weighted by atomic mass is 9.73. The molecule has 9 heteroatoms. The summed E-state index contributed by atoms with van der Waals surface area (Å²) in [6.45, 7) is 0. The fourth-order valence-electron chi connectivity index (χ4n) is 7.51. The number of hydrogen-bond acceptors (Lipinski definition) is 7. The molecule has 7 nitrogen and oxygen atoms in total. The molecule has 4 radical (unpaired) electrons. The molecule has 9 rings (SSSR count). The van der Waals surface area contributed by atoms with Gasteiger partial charge in [0.1, 0.15) is 38.4 Å². The van der Waals surface area contributed by atoms with Gasteiger partial charge in [-0.15, -0.1) is 0 Å². The molecule has 1 heterocycles. The zero-order valence-corrected chi connectivity index (χ0v) is 26.6. The van der Waals surface area contributed by atoms with E-state index in [1.807, 2.05) is 84.9 Å². The van der Waals surface area contributed by atoms with Gasteiger partial charge in [0.2, 0.25) is 11.5 Å². The van der Waals surface area contributed by atoms with Crippen molar-refractivity contribution in [2.75, 3.05) is 0 Å². The average molecular weight is 662 g/mol. The first-order chi connectivity index (χ1) is 24.7. The average Bonchev–Trinajstić information content (AvgIpc) is 3.54. The topological polar surface area (TPSA) is 135 Å². The van der Waals surface area contributed by atoms with Crippen LogP contribution < -0.4 is 10.9 Å². The monoisotopic (exact) mass is 662 g/mol. The van der Waals surface area contributed by atoms with Crippen LogP contribution in [0.5, 0.6) is 34.5 Å². The van der Waals surface area contributed by atoms with Gasteiger partial charge < -0.3 is 35.1 Å². The van der Waals surface area contributed by atoms with Crippen molar-refractivity contribution < 1.29 is 35.1 Å². The number of phenolic OH excluding ortho intramolecular Hbond substituents is 6. The summed E-state index contributed by atoms with van der Waals surface area (Å²) in [4.78, 5) is 0. The number of furan rings is 1. The summed E-state index contributed by atoms with van der Waals surface area (Å²) in [5, 5.41) is 72.1. The predicted octanol–water partition coefficient (Wildman–Crippen LogP) is 7.87. The summed E-state index contributed by atoms with van der Waals surface area (Å²) < 4.78 is 6.04. The van der Waals surface area contributed by atoms with Crippen LogP contribution in [0, 0.1) is 0 Å². The minimum atomic E-state index is -0.974. The molecule has 0 aliphatic carbocycles. The lowest BCUT2D eigenvalue weighted by Crippen LogP contribution is -2.26. The lowest BCUT2D eigenvalue weighted by Gasteiger charge is -2.24. The Labute approximate surface area is 292 Å². The summed E-state index contributed by atoms with van der Waals surface area (Å²) in [5.41, 5.74) is 3.54. The fourth-order valence-corrected chi connectivity index (χ4v) is 7.51. The largest absolute Gasteiger partial charge is 0.508 e. The van der Waals surface area contributed by atoms with Crippen LogP contribution in [0.2, 0.25) is 0 Å². The first kappa shape index (κ1) is 30.3. The van der Waals surface area contributed by atoms with Crippen LogP contribution >= 0.6 is 0 Å². The smallest absolute Gasteiger partial charge is 0.204 e. The number of fused-ring (bicyclic) bond motifs is 6. The van der Waals surface area contributed by atoms with Crippen molar-refractivity contribution in [2.24, 2.45) is 0 Å². The second-order valence-corrected chi connectivity index (χ2v) is 12.6. The summed E-state index contributed by atoms with van der Waals surface area (Å²) in [6, 6.07) is 33.6. The van der Waals surface area contributed by atoms with E-state index in [1.165, 1.54) is 0 Å². The summed E-state index contributed by atoms with van der Waals surface area (Å²) in [7, 11) is 12.7. The van der Waals surface area contributed by atoms with E-state index in [1.54, 1.807) is 24.3 Å². The minimum Gasteiger partial charge on any atom is -0.508 e. The van der Waals surface area contributed by atoms with Crippen LogP contribution in [-0.2, 0) is 0 Å². The number of rotatable bonds is 3. The first-order valence-corrected chi connectivity index (χ1v) is 16.0. The van der Waals surface area contributed by atoms with Gasteiger partial charge in [0.15, 0.2) is 11.5 Å². The van der Waals surface area contributed by atoms with Crippen molar-refractivity contribution >= 4 is 80.9 Å². The Morgan fingerprint density at radius 3 is 1.53 bits per heavy atom. The molecule has 9 aromatic rings. The molecule has 0 bridgehead atoms. The van der Waals surface area contributed by atoms with Gasteiger partial charge in [-0.05, 0) is 51.2 Å². The third-order valence-electron chi connectivity index (χ3n) is 9.86. The van der Waals surface area contributed by atoms with Crippen molar-refractivity contribution in [1.82, 2.24) is 0 Å². The van der Waals surface area contributed by atoms with Gasteiger partial charge in [-0.1, -0.05) is 102 Å². The molecule has 0 saturated heterocycles. The molecule has 0 aliphatic rings. The molecule has 0 saturated carbocycles. The van der Waals surface area contributed by atoms with Crippen molar-refractivity contribution in [3.8, 4) is 67.9 Å². The second-order valence-electron chi connectivity index (χ2n) is 12.6. The maximum absolute atomic E-state index is 11.9. The molecule has 0 amide bonds. The third-order valence-corrected chi connectivity index (χ3v) is 9.86. The molecule has 51 heavy (non-hydrogen) atoms. The first-order valence-electron chi connectivity index (χ1n) is 16.0. The number of para-hydroxylation sites is 1. The minimum absolute atomic E-state index is 0.00347. The molecule has 240 valence electrons. The van der Waals surface area contributed by atoms with E-state index in [0.717, 1.165) is 21.9 Å². The molecule has 8 aromatic carbocycles. The Bertz CT molecular complexity index is 2870. The van der Waals surface area contributed by atoms with E-state index in [-0.39, 0.29) is 43.6 Å². The van der Waals surface area contributed by atoms with Gasteiger partial charge in [0.25, 0.3) is 0 Å². The third kappa shape index (κ3) is 4.15. The van der Waals surface area contributed by atoms with Gasteiger partial charge >= 0.3 is 0 Å². The van der Waals surface area contributed by atoms with Crippen LogP contribution in [0.1, 0.15) is 0 Å². The number of phenols is 6. The van der Waals surface area contributed by atoms with Crippen molar-refractivity contribution in [2.45, 2.75) is 0 Å². The van der Waals surface area contributed by atoms with Gasteiger partial charge in [-0.3, -0.25) is 0 Å². The Morgan fingerprint density at radius 2 is 0.863 bits per heavy atom. The normalized spacial score (nSPS) is 11.8. The fraction of sp³-hybridized carbons (Fsp3) is 0. The standard InChI is InChI=1S/C42H24B2O7/c43-35-36(44)38(46)33-30(25-16-15-21(19-8-2-1-3-9-19)22-10-4-5-11-23(22)25)34-32(39(47)41(49)42(50)40(34)48)29(31(33)37(35)45)20-14-17-28-26(18-20)24-12-6-7-13-27(24)51-28/h1-18,45-50H. The number of hydrogen-bond donors (Lipinski definition) is 6. The van der Waals surface area contributed by atoms with Crippen molar-refractivity contribution in [3.05, 3.63) is 109 Å². The van der Waals surface area contributed by atoms with E-state index < -0.39 is 34.5 Å². The van der Waals surface area contributed by atoms with Crippen LogP contribution in [0.15, 0.2) is 114 Å². The Balaban J connectivity index is 1.53. The maximum atomic E-state index is 11.9. The second kappa shape index (κ2) is 10.9. The highest BCUT2D eigenvalue weighted by Gasteiger charge is 2.31. The number of aromatic hydroxyl groups is 6. The van der Waals surface area contributed by atoms with E-state index in [9.17, 15) is 30.6 Å². The SMILES string of the molecule is [B]c1c([B])c(O)c2c(-c3ccc(-c4ccccc4)c4ccccc34)c3c(O)c(O)c(O)c(O)c3c(-c3ccc4oc5ccccc5c4c3)c2c1O.